The van der Waals surface area contributed by atoms with Crippen molar-refractivity contribution in [2.75, 3.05) is 18.1 Å². The quantitative estimate of drug-likeness (QED) is 0.873. The number of hydrogen-bond acceptors (Lipinski definition) is 5. The van der Waals surface area contributed by atoms with Crippen LogP contribution in [0, 0.1) is 5.92 Å². The molecule has 1 saturated heterocycles. The molecule has 1 aromatic heterocycles. The minimum Gasteiger partial charge on any atom is -0.314 e. The third-order valence-corrected chi connectivity index (χ3v) is 5.78. The van der Waals surface area contributed by atoms with Crippen LogP contribution in [0.15, 0.2) is 11.6 Å². The first-order valence-corrected chi connectivity index (χ1v) is 8.63. The molecule has 0 amide bonds. The van der Waals surface area contributed by atoms with Gasteiger partial charge < -0.3 is 5.32 Å². The van der Waals surface area contributed by atoms with Gasteiger partial charge in [0.15, 0.2) is 9.84 Å². The number of aromatic nitrogens is 1. The molecule has 2 atom stereocenters. The van der Waals surface area contributed by atoms with Gasteiger partial charge in [0.1, 0.15) is 0 Å². The van der Waals surface area contributed by atoms with Gasteiger partial charge in [0.25, 0.3) is 0 Å². The van der Waals surface area contributed by atoms with E-state index >= 15 is 0 Å². The first-order valence-electron chi connectivity index (χ1n) is 5.93. The summed E-state index contributed by atoms with van der Waals surface area (Å²) >= 11 is 1.64. The fourth-order valence-corrected chi connectivity index (χ4v) is 4.91. The minimum atomic E-state index is -2.79. The first-order chi connectivity index (χ1) is 8.11. The Bertz CT molecular complexity index is 442. The molecule has 4 nitrogen and oxygen atoms in total. The summed E-state index contributed by atoms with van der Waals surface area (Å²) in [5.74, 6) is 0.914. The van der Waals surface area contributed by atoms with Crippen LogP contribution in [0.2, 0.25) is 0 Å². The summed E-state index contributed by atoms with van der Waals surface area (Å²) < 4.78 is 23.0. The lowest BCUT2D eigenvalue weighted by atomic mass is 9.96. The molecule has 0 spiro atoms. The molecule has 1 aromatic rings. The largest absolute Gasteiger partial charge is 0.314 e. The summed E-state index contributed by atoms with van der Waals surface area (Å²) in [6.45, 7) is 2.92. The zero-order valence-corrected chi connectivity index (χ0v) is 11.6. The highest BCUT2D eigenvalue weighted by Crippen LogP contribution is 2.24. The molecule has 0 saturated carbocycles. The van der Waals surface area contributed by atoms with Crippen molar-refractivity contribution in [1.29, 1.82) is 0 Å². The van der Waals surface area contributed by atoms with Gasteiger partial charge in [0.05, 0.1) is 16.5 Å². The molecule has 17 heavy (non-hydrogen) atoms. The van der Waals surface area contributed by atoms with Crippen LogP contribution >= 0.6 is 11.3 Å². The second-order valence-corrected chi connectivity index (χ2v) is 7.67. The third kappa shape index (κ3) is 3.50. The standard InChI is InChI=1S/C11H18N2O2S2/c1-2-12-10(7-11-13-4-5-16-11)9-3-6-17(14,15)8-9/h4-5,9-10,12H,2-3,6-8H2,1H3. The van der Waals surface area contributed by atoms with Gasteiger partial charge in [-0.1, -0.05) is 6.92 Å². The highest BCUT2D eigenvalue weighted by molar-refractivity contribution is 7.91. The van der Waals surface area contributed by atoms with E-state index in [-0.39, 0.29) is 12.0 Å². The lowest BCUT2D eigenvalue weighted by Gasteiger charge is -2.22. The normalized spacial score (nSPS) is 24.9. The van der Waals surface area contributed by atoms with Crippen molar-refractivity contribution in [3.05, 3.63) is 16.6 Å². The van der Waals surface area contributed by atoms with E-state index in [1.54, 1.807) is 17.5 Å². The minimum absolute atomic E-state index is 0.239. The average Bonchev–Trinajstić information content (AvgIpc) is 2.87. The topological polar surface area (TPSA) is 59.1 Å². The number of hydrogen-bond donors (Lipinski definition) is 1. The number of thiazole rings is 1. The lowest BCUT2D eigenvalue weighted by molar-refractivity contribution is 0.385. The molecule has 2 heterocycles. The highest BCUT2D eigenvalue weighted by atomic mass is 32.2. The summed E-state index contributed by atoms with van der Waals surface area (Å²) in [6.07, 6.45) is 3.42. The molecule has 6 heteroatoms. The summed E-state index contributed by atoms with van der Waals surface area (Å²) in [5, 5.41) is 6.45. The average molecular weight is 274 g/mol. The zero-order valence-electron chi connectivity index (χ0n) is 9.93. The van der Waals surface area contributed by atoms with Gasteiger partial charge in [-0.15, -0.1) is 11.3 Å². The van der Waals surface area contributed by atoms with Gasteiger partial charge in [0.2, 0.25) is 0 Å². The Morgan fingerprint density at radius 1 is 1.65 bits per heavy atom. The molecule has 1 aliphatic heterocycles. The summed E-state index contributed by atoms with van der Waals surface area (Å²) in [6, 6.07) is 0.239. The van der Waals surface area contributed by atoms with Crippen molar-refractivity contribution in [3.8, 4) is 0 Å². The molecular formula is C11H18N2O2S2. The van der Waals surface area contributed by atoms with E-state index in [0.717, 1.165) is 24.4 Å². The second-order valence-electron chi connectivity index (χ2n) is 4.46. The number of nitrogens with zero attached hydrogens (tertiary/aromatic N) is 1. The molecule has 0 radical (unpaired) electrons. The zero-order chi connectivity index (χ0) is 12.3. The van der Waals surface area contributed by atoms with Crippen LogP contribution in [-0.4, -0.2) is 37.5 Å². The molecule has 1 fully saturated rings. The second kappa shape index (κ2) is 5.46. The van der Waals surface area contributed by atoms with E-state index in [4.69, 9.17) is 0 Å². The maximum Gasteiger partial charge on any atom is 0.150 e. The van der Waals surface area contributed by atoms with Gasteiger partial charge in [-0.3, -0.25) is 0 Å². The van der Waals surface area contributed by atoms with Crippen LogP contribution < -0.4 is 5.32 Å². The van der Waals surface area contributed by atoms with Crippen molar-refractivity contribution >= 4 is 21.2 Å². The number of rotatable bonds is 5. The first kappa shape index (κ1) is 13.0. The van der Waals surface area contributed by atoms with Gasteiger partial charge in [0, 0.05) is 24.0 Å². The van der Waals surface area contributed by atoms with E-state index in [0.29, 0.717) is 11.5 Å². The maximum atomic E-state index is 11.5. The van der Waals surface area contributed by atoms with E-state index < -0.39 is 9.84 Å². The number of sulfone groups is 1. The van der Waals surface area contributed by atoms with Crippen LogP contribution in [0.5, 0.6) is 0 Å². The van der Waals surface area contributed by atoms with Crippen LogP contribution in [0.4, 0.5) is 0 Å². The van der Waals surface area contributed by atoms with Crippen LogP contribution in [0.1, 0.15) is 18.4 Å². The highest BCUT2D eigenvalue weighted by Gasteiger charge is 2.33. The Balaban J connectivity index is 2.02. The molecule has 2 rings (SSSR count). The number of nitrogens with one attached hydrogen (secondary N) is 1. The Morgan fingerprint density at radius 3 is 3.00 bits per heavy atom. The maximum absolute atomic E-state index is 11.5. The van der Waals surface area contributed by atoms with Crippen molar-refractivity contribution < 1.29 is 8.42 Å². The summed E-state index contributed by atoms with van der Waals surface area (Å²) in [7, 11) is -2.79. The SMILES string of the molecule is CCNC(Cc1nccs1)C1CCS(=O)(=O)C1. The van der Waals surface area contributed by atoms with Crippen molar-refractivity contribution in [2.45, 2.75) is 25.8 Å². The van der Waals surface area contributed by atoms with Crippen LogP contribution in [-0.2, 0) is 16.3 Å². The van der Waals surface area contributed by atoms with Gasteiger partial charge >= 0.3 is 0 Å². The van der Waals surface area contributed by atoms with E-state index in [1.165, 1.54) is 0 Å². The molecule has 0 bridgehead atoms. The van der Waals surface area contributed by atoms with Crippen molar-refractivity contribution in [1.82, 2.24) is 10.3 Å². The molecule has 0 aliphatic carbocycles. The smallest absolute Gasteiger partial charge is 0.150 e. The molecular weight excluding hydrogens is 256 g/mol. The molecule has 1 N–H and O–H groups in total. The Labute approximate surface area is 106 Å². The molecule has 2 unspecified atom stereocenters. The van der Waals surface area contributed by atoms with E-state index in [1.807, 2.05) is 5.38 Å². The molecule has 96 valence electrons. The van der Waals surface area contributed by atoms with Crippen LogP contribution in [0.3, 0.4) is 0 Å². The molecule has 0 aromatic carbocycles. The third-order valence-electron chi connectivity index (χ3n) is 3.18. The summed E-state index contributed by atoms with van der Waals surface area (Å²) in [4.78, 5) is 4.28. The summed E-state index contributed by atoms with van der Waals surface area (Å²) in [5.41, 5.74) is 0. The monoisotopic (exact) mass is 274 g/mol. The van der Waals surface area contributed by atoms with Crippen molar-refractivity contribution in [2.24, 2.45) is 5.92 Å². The lowest BCUT2D eigenvalue weighted by Crippen LogP contribution is -2.38. The van der Waals surface area contributed by atoms with Gasteiger partial charge in [-0.2, -0.15) is 0 Å². The van der Waals surface area contributed by atoms with Gasteiger partial charge in [-0.25, -0.2) is 13.4 Å². The Hall–Kier alpha value is -0.460. The predicted molar refractivity (Wildman–Crippen MR) is 70.0 cm³/mol. The predicted octanol–water partition coefficient (Wildman–Crippen LogP) is 1.10. The fraction of sp³-hybridized carbons (Fsp3) is 0.727. The molecule has 1 aliphatic rings. The Kier molecular flexibility index (Phi) is 4.17. The number of likely N-dealkylation sites (N-methyl/N-ethyl adjacent to an activating group) is 1. The Morgan fingerprint density at radius 2 is 2.47 bits per heavy atom. The van der Waals surface area contributed by atoms with Crippen LogP contribution in [0.25, 0.3) is 0 Å². The fourth-order valence-electron chi connectivity index (χ4n) is 2.35. The van der Waals surface area contributed by atoms with Gasteiger partial charge in [-0.05, 0) is 18.9 Å². The van der Waals surface area contributed by atoms with Crippen molar-refractivity contribution in [3.63, 3.8) is 0 Å². The van der Waals surface area contributed by atoms with E-state index in [9.17, 15) is 8.42 Å². The van der Waals surface area contributed by atoms with E-state index in [2.05, 4.69) is 17.2 Å².